The minimum absolute atomic E-state index is 0.219. The van der Waals surface area contributed by atoms with Gasteiger partial charge in [0.2, 0.25) is 0 Å². The van der Waals surface area contributed by atoms with E-state index in [1.54, 1.807) is 0 Å². The van der Waals surface area contributed by atoms with Gasteiger partial charge in [-0.1, -0.05) is 24.8 Å². The van der Waals surface area contributed by atoms with Gasteiger partial charge >= 0.3 is 0 Å². The maximum absolute atomic E-state index is 4.79. The van der Waals surface area contributed by atoms with Crippen molar-refractivity contribution >= 4 is 16.9 Å². The first-order chi connectivity index (χ1) is 7.75. The average Bonchev–Trinajstić information content (AvgIpc) is 2.79. The molecule has 0 unspecified atom stereocenters. The summed E-state index contributed by atoms with van der Waals surface area (Å²) in [5.41, 5.74) is 1.09. The van der Waals surface area contributed by atoms with Crippen LogP contribution in [0.25, 0.3) is 0 Å². The number of rotatable bonds is 1. The van der Waals surface area contributed by atoms with Crippen LogP contribution in [0.15, 0.2) is 29.4 Å². The van der Waals surface area contributed by atoms with Gasteiger partial charge in [-0.25, -0.2) is 0 Å². The van der Waals surface area contributed by atoms with Crippen molar-refractivity contribution in [2.24, 2.45) is 4.99 Å². The van der Waals surface area contributed by atoms with Crippen LogP contribution in [-0.4, -0.2) is 32.9 Å². The summed E-state index contributed by atoms with van der Waals surface area (Å²) in [6.07, 6.45) is 1.85. The highest BCUT2D eigenvalue weighted by molar-refractivity contribution is 8.14. The predicted molar refractivity (Wildman–Crippen MR) is 67.6 cm³/mol. The molecule has 1 fully saturated rings. The van der Waals surface area contributed by atoms with Gasteiger partial charge in [0.05, 0.1) is 11.7 Å². The first-order valence-corrected chi connectivity index (χ1v) is 6.55. The lowest BCUT2D eigenvalue weighted by Gasteiger charge is -2.22. The monoisotopic (exact) mass is 233 g/mol. The minimum atomic E-state index is 0.219. The Bertz CT molecular complexity index is 418. The zero-order valence-electron chi connectivity index (χ0n) is 9.50. The summed E-state index contributed by atoms with van der Waals surface area (Å²) in [6.45, 7) is 5.62. The molecule has 0 aliphatic carbocycles. The maximum Gasteiger partial charge on any atom is 0.160 e. The molecule has 0 bridgehead atoms. The Morgan fingerprint density at radius 1 is 1.38 bits per heavy atom. The third kappa shape index (κ3) is 1.52. The summed E-state index contributed by atoms with van der Waals surface area (Å²) < 4.78 is 0. The van der Waals surface area contributed by atoms with Crippen molar-refractivity contribution in [1.29, 1.82) is 0 Å². The van der Waals surface area contributed by atoms with Gasteiger partial charge in [-0.15, -0.1) is 0 Å². The fourth-order valence-corrected chi connectivity index (χ4v) is 3.49. The number of pyridine rings is 1. The summed E-state index contributed by atoms with van der Waals surface area (Å²) in [6, 6.07) is 6.72. The second-order valence-corrected chi connectivity index (χ2v) is 5.84. The normalized spacial score (nSPS) is 32.8. The predicted octanol–water partition coefficient (Wildman–Crippen LogP) is 2.32. The van der Waals surface area contributed by atoms with E-state index in [0.717, 1.165) is 12.2 Å². The van der Waals surface area contributed by atoms with Crippen molar-refractivity contribution in [2.75, 3.05) is 6.54 Å². The van der Waals surface area contributed by atoms with Crippen molar-refractivity contribution in [3.05, 3.63) is 30.1 Å². The lowest BCUT2D eigenvalue weighted by Crippen LogP contribution is -2.32. The number of hydrogen-bond donors (Lipinski definition) is 0. The van der Waals surface area contributed by atoms with Gasteiger partial charge in [0, 0.05) is 18.0 Å². The molecule has 3 nitrogen and oxygen atoms in total. The molecule has 2 aliphatic rings. The Labute approximate surface area is 100.0 Å². The molecular weight excluding hydrogens is 218 g/mol. The molecule has 3 rings (SSSR count). The van der Waals surface area contributed by atoms with Gasteiger partial charge in [0.25, 0.3) is 0 Å². The summed E-state index contributed by atoms with van der Waals surface area (Å²) >= 11 is 1.89. The van der Waals surface area contributed by atoms with Crippen molar-refractivity contribution in [3.63, 3.8) is 0 Å². The lowest BCUT2D eigenvalue weighted by atomic mass is 10.1. The quantitative estimate of drug-likeness (QED) is 0.745. The van der Waals surface area contributed by atoms with Crippen LogP contribution in [0.4, 0.5) is 0 Å². The molecule has 0 N–H and O–H groups in total. The summed E-state index contributed by atoms with van der Waals surface area (Å²) in [5.74, 6) is 0. The Hall–Kier alpha value is -1.03. The fourth-order valence-electron chi connectivity index (χ4n) is 2.35. The van der Waals surface area contributed by atoms with Crippen LogP contribution in [0.3, 0.4) is 0 Å². The van der Waals surface area contributed by atoms with Crippen LogP contribution in [0.2, 0.25) is 0 Å². The van der Waals surface area contributed by atoms with Crippen LogP contribution in [0.1, 0.15) is 25.6 Å². The fraction of sp³-hybridized carbons (Fsp3) is 0.500. The number of thioether (sulfide) groups is 1. The molecule has 4 heteroatoms. The zero-order chi connectivity index (χ0) is 11.1. The molecule has 3 atom stereocenters. The van der Waals surface area contributed by atoms with Gasteiger partial charge in [-0.2, -0.15) is 0 Å². The Morgan fingerprint density at radius 3 is 2.94 bits per heavy atom. The molecule has 0 saturated carbocycles. The minimum Gasteiger partial charge on any atom is -0.345 e. The van der Waals surface area contributed by atoms with E-state index in [-0.39, 0.29) is 6.04 Å². The number of fused-ring (bicyclic) bond motifs is 1. The SMILES string of the molecule is C[C@@H]1CN2C(=N[C@@H](c3ccccn3)[C@@H]2C)S1. The van der Waals surface area contributed by atoms with Crippen LogP contribution in [0, 0.1) is 0 Å². The molecule has 1 aromatic heterocycles. The lowest BCUT2D eigenvalue weighted by molar-refractivity contribution is 0.336. The van der Waals surface area contributed by atoms with Crippen LogP contribution >= 0.6 is 11.8 Å². The summed E-state index contributed by atoms with van der Waals surface area (Å²) in [5, 5.41) is 1.88. The number of amidine groups is 1. The zero-order valence-corrected chi connectivity index (χ0v) is 10.3. The average molecular weight is 233 g/mol. The topological polar surface area (TPSA) is 28.5 Å². The Balaban J connectivity index is 1.90. The van der Waals surface area contributed by atoms with Crippen molar-refractivity contribution in [1.82, 2.24) is 9.88 Å². The van der Waals surface area contributed by atoms with Crippen molar-refractivity contribution in [3.8, 4) is 0 Å². The maximum atomic E-state index is 4.79. The highest BCUT2D eigenvalue weighted by Gasteiger charge is 2.39. The number of aromatic nitrogens is 1. The Kier molecular flexibility index (Phi) is 2.39. The van der Waals surface area contributed by atoms with Gasteiger partial charge in [0.1, 0.15) is 6.04 Å². The standard InChI is InChI=1S/C12H15N3S/c1-8-7-15-9(2)11(14-12(15)16-8)10-5-3-4-6-13-10/h3-6,8-9,11H,7H2,1-2H3/t8-,9+,11-/m1/s1. The van der Waals surface area contributed by atoms with E-state index in [1.165, 1.54) is 5.17 Å². The highest BCUT2D eigenvalue weighted by atomic mass is 32.2. The van der Waals surface area contributed by atoms with Crippen LogP contribution in [-0.2, 0) is 0 Å². The number of nitrogens with zero attached hydrogens (tertiary/aromatic N) is 3. The Morgan fingerprint density at radius 2 is 2.25 bits per heavy atom. The van der Waals surface area contributed by atoms with E-state index in [4.69, 9.17) is 4.99 Å². The molecule has 0 amide bonds. The number of hydrogen-bond acceptors (Lipinski definition) is 4. The molecule has 1 saturated heterocycles. The number of aliphatic imine (C=N–C) groups is 1. The molecule has 16 heavy (non-hydrogen) atoms. The van der Waals surface area contributed by atoms with Crippen LogP contribution in [0.5, 0.6) is 0 Å². The van der Waals surface area contributed by atoms with Crippen LogP contribution < -0.4 is 0 Å². The van der Waals surface area contributed by atoms with E-state index in [1.807, 2.05) is 30.1 Å². The van der Waals surface area contributed by atoms with E-state index in [2.05, 4.69) is 29.8 Å². The molecular formula is C12H15N3S. The highest BCUT2D eigenvalue weighted by Crippen LogP contribution is 2.39. The summed E-state index contributed by atoms with van der Waals surface area (Å²) in [4.78, 5) is 11.6. The molecule has 1 aromatic rings. The first-order valence-electron chi connectivity index (χ1n) is 5.68. The van der Waals surface area contributed by atoms with E-state index >= 15 is 0 Å². The van der Waals surface area contributed by atoms with Gasteiger partial charge in [-0.3, -0.25) is 9.98 Å². The van der Waals surface area contributed by atoms with Crippen molar-refractivity contribution < 1.29 is 0 Å². The first kappa shape index (κ1) is 10.1. The molecule has 0 radical (unpaired) electrons. The molecule has 0 aromatic carbocycles. The second kappa shape index (κ2) is 3.77. The smallest absolute Gasteiger partial charge is 0.160 e. The molecule has 84 valence electrons. The van der Waals surface area contributed by atoms with E-state index in [0.29, 0.717) is 11.3 Å². The largest absolute Gasteiger partial charge is 0.345 e. The third-order valence-electron chi connectivity index (χ3n) is 3.19. The third-order valence-corrected chi connectivity index (χ3v) is 4.30. The molecule has 0 spiro atoms. The summed E-state index contributed by atoms with van der Waals surface area (Å²) in [7, 11) is 0. The molecule has 3 heterocycles. The van der Waals surface area contributed by atoms with Gasteiger partial charge in [-0.05, 0) is 19.1 Å². The van der Waals surface area contributed by atoms with Gasteiger partial charge < -0.3 is 4.90 Å². The van der Waals surface area contributed by atoms with Gasteiger partial charge in [0.15, 0.2) is 5.17 Å². The second-order valence-electron chi connectivity index (χ2n) is 4.43. The van der Waals surface area contributed by atoms with E-state index < -0.39 is 0 Å². The van der Waals surface area contributed by atoms with Crippen molar-refractivity contribution in [2.45, 2.75) is 31.2 Å². The molecule has 2 aliphatic heterocycles. The van der Waals surface area contributed by atoms with E-state index in [9.17, 15) is 0 Å².